The normalized spacial score (nSPS) is 26.0. The van der Waals surface area contributed by atoms with Crippen LogP contribution in [-0.4, -0.2) is 19.6 Å². The predicted molar refractivity (Wildman–Crippen MR) is 90.6 cm³/mol. The number of benzene rings is 1. The Bertz CT molecular complexity index is 1000. The van der Waals surface area contributed by atoms with Crippen LogP contribution in [0.1, 0.15) is 36.6 Å². The van der Waals surface area contributed by atoms with Crippen molar-refractivity contribution in [3.8, 4) is 0 Å². The highest BCUT2D eigenvalue weighted by molar-refractivity contribution is 5.85. The van der Waals surface area contributed by atoms with Gasteiger partial charge < -0.3 is 10.3 Å². The van der Waals surface area contributed by atoms with Gasteiger partial charge in [0.05, 0.1) is 17.8 Å². The van der Waals surface area contributed by atoms with Crippen molar-refractivity contribution < 1.29 is 0 Å². The average Bonchev–Trinajstić information content (AvgIpc) is 2.96. The van der Waals surface area contributed by atoms with Crippen molar-refractivity contribution >= 4 is 10.8 Å². The summed E-state index contributed by atoms with van der Waals surface area (Å²) in [5.41, 5.74) is 8.34. The first-order valence-corrected chi connectivity index (χ1v) is 8.34. The summed E-state index contributed by atoms with van der Waals surface area (Å²) in [6, 6.07) is 7.24. The number of aromatic nitrogens is 4. The van der Waals surface area contributed by atoms with Crippen molar-refractivity contribution in [2.45, 2.75) is 30.8 Å². The Labute approximate surface area is 138 Å². The molecule has 3 aromatic rings. The Balaban J connectivity index is 1.57. The van der Waals surface area contributed by atoms with Crippen molar-refractivity contribution in [1.82, 2.24) is 19.6 Å². The van der Waals surface area contributed by atoms with Gasteiger partial charge in [0.15, 0.2) is 0 Å². The quantitative estimate of drug-likeness (QED) is 0.796. The van der Waals surface area contributed by atoms with E-state index in [1.54, 1.807) is 17.8 Å². The Kier molecular flexibility index (Phi) is 2.63. The molecule has 2 aromatic heterocycles. The molecule has 1 aromatic carbocycles. The molecule has 122 valence electrons. The van der Waals surface area contributed by atoms with Crippen LogP contribution in [0.15, 0.2) is 41.5 Å². The van der Waals surface area contributed by atoms with Crippen LogP contribution in [0.25, 0.3) is 10.8 Å². The molecule has 3 fully saturated rings. The average molecular weight is 321 g/mol. The molecule has 0 spiro atoms. The Morgan fingerprint density at radius 2 is 2.04 bits per heavy atom. The summed E-state index contributed by atoms with van der Waals surface area (Å²) in [5, 5.41) is 10.2. The molecule has 6 nitrogen and oxygen atoms in total. The summed E-state index contributed by atoms with van der Waals surface area (Å²) in [6.07, 6.45) is 7.42. The summed E-state index contributed by atoms with van der Waals surface area (Å²) >= 11 is 0. The van der Waals surface area contributed by atoms with Gasteiger partial charge in [-0.25, -0.2) is 4.68 Å². The molecule has 3 saturated carbocycles. The lowest BCUT2D eigenvalue weighted by molar-refractivity contribution is -0.0989. The minimum atomic E-state index is -0.387. The van der Waals surface area contributed by atoms with E-state index in [2.05, 4.69) is 10.3 Å². The number of hydrogen-bond donors (Lipinski definition) is 1. The van der Waals surface area contributed by atoms with Gasteiger partial charge in [0.25, 0.3) is 5.56 Å². The van der Waals surface area contributed by atoms with Crippen LogP contribution in [0, 0.1) is 5.92 Å². The summed E-state index contributed by atoms with van der Waals surface area (Å²) < 4.78 is 3.59. The maximum atomic E-state index is 12.3. The van der Waals surface area contributed by atoms with Gasteiger partial charge in [0.2, 0.25) is 0 Å². The highest BCUT2D eigenvalue weighted by Gasteiger charge is 2.58. The number of nitrogens with two attached hydrogens (primary N) is 1. The zero-order valence-corrected chi connectivity index (χ0v) is 13.5. The first kappa shape index (κ1) is 13.9. The molecule has 1 unspecified atom stereocenters. The second kappa shape index (κ2) is 4.54. The maximum Gasteiger partial charge on any atom is 0.258 e. The highest BCUT2D eigenvalue weighted by atomic mass is 16.1. The number of hydrogen-bond acceptors (Lipinski definition) is 4. The number of rotatable bonds is 3. The fourth-order valence-electron chi connectivity index (χ4n) is 4.19. The molecule has 6 heteroatoms. The monoisotopic (exact) mass is 321 g/mol. The predicted octanol–water partition coefficient (Wildman–Crippen LogP) is 1.69. The Hall–Kier alpha value is -2.47. The molecule has 3 aliphatic rings. The summed E-state index contributed by atoms with van der Waals surface area (Å²) in [5.74, 6) is 0.889. The molecule has 0 radical (unpaired) electrons. The Morgan fingerprint density at radius 1 is 1.25 bits per heavy atom. The lowest BCUT2D eigenvalue weighted by atomic mass is 9.50. The summed E-state index contributed by atoms with van der Waals surface area (Å²) in [7, 11) is 1.75. The van der Waals surface area contributed by atoms with Gasteiger partial charge in [-0.1, -0.05) is 17.3 Å². The van der Waals surface area contributed by atoms with Crippen LogP contribution in [-0.2, 0) is 12.6 Å². The van der Waals surface area contributed by atoms with Crippen LogP contribution < -0.4 is 11.3 Å². The summed E-state index contributed by atoms with van der Waals surface area (Å²) in [6.45, 7) is 0. The van der Waals surface area contributed by atoms with Crippen LogP contribution in [0.5, 0.6) is 0 Å². The van der Waals surface area contributed by atoms with Crippen LogP contribution in [0.4, 0.5) is 0 Å². The van der Waals surface area contributed by atoms with Crippen molar-refractivity contribution in [2.75, 3.05) is 0 Å². The molecular formula is C18H19N5O. The van der Waals surface area contributed by atoms with Gasteiger partial charge in [-0.15, -0.1) is 5.10 Å². The molecule has 2 bridgehead atoms. The van der Waals surface area contributed by atoms with Crippen LogP contribution in [0.2, 0.25) is 0 Å². The SMILES string of the molecule is Cn1ccc2c(C(N)c3cn(C45CC(C4)C5)nn3)cccc2c1=O. The molecule has 3 aliphatic carbocycles. The van der Waals surface area contributed by atoms with Crippen molar-refractivity contribution in [3.05, 3.63) is 58.3 Å². The van der Waals surface area contributed by atoms with Crippen molar-refractivity contribution in [2.24, 2.45) is 18.7 Å². The van der Waals surface area contributed by atoms with E-state index in [9.17, 15) is 4.79 Å². The number of fused-ring (bicyclic) bond motifs is 1. The molecule has 0 saturated heterocycles. The van der Waals surface area contributed by atoms with Gasteiger partial charge in [-0.3, -0.25) is 4.79 Å². The first-order chi connectivity index (χ1) is 11.6. The smallest absolute Gasteiger partial charge is 0.258 e. The lowest BCUT2D eigenvalue weighted by Crippen LogP contribution is -2.59. The van der Waals surface area contributed by atoms with Crippen molar-refractivity contribution in [1.29, 1.82) is 0 Å². The third-order valence-electron chi connectivity index (χ3n) is 5.81. The van der Waals surface area contributed by atoms with Gasteiger partial charge in [0.1, 0.15) is 5.69 Å². The zero-order valence-electron chi connectivity index (χ0n) is 13.5. The van der Waals surface area contributed by atoms with Crippen LogP contribution >= 0.6 is 0 Å². The van der Waals surface area contributed by atoms with E-state index in [0.29, 0.717) is 5.39 Å². The lowest BCUT2D eigenvalue weighted by Gasteiger charge is -2.61. The molecule has 2 heterocycles. The van der Waals surface area contributed by atoms with Gasteiger partial charge >= 0.3 is 0 Å². The van der Waals surface area contributed by atoms with E-state index < -0.39 is 0 Å². The third kappa shape index (κ3) is 1.72. The zero-order chi connectivity index (χ0) is 16.5. The van der Waals surface area contributed by atoms with Gasteiger partial charge in [-0.2, -0.15) is 0 Å². The molecule has 1 atom stereocenters. The minimum Gasteiger partial charge on any atom is -0.319 e. The van der Waals surface area contributed by atoms with Crippen LogP contribution in [0.3, 0.4) is 0 Å². The first-order valence-electron chi connectivity index (χ1n) is 8.34. The van der Waals surface area contributed by atoms with E-state index in [-0.39, 0.29) is 17.1 Å². The van der Waals surface area contributed by atoms with E-state index in [0.717, 1.165) is 22.6 Å². The molecule has 6 rings (SSSR count). The largest absolute Gasteiger partial charge is 0.319 e. The van der Waals surface area contributed by atoms with Gasteiger partial charge in [-0.05, 0) is 48.3 Å². The highest BCUT2D eigenvalue weighted by Crippen LogP contribution is 2.61. The van der Waals surface area contributed by atoms with E-state index >= 15 is 0 Å². The maximum absolute atomic E-state index is 12.3. The van der Waals surface area contributed by atoms with E-state index in [1.165, 1.54) is 19.3 Å². The van der Waals surface area contributed by atoms with Gasteiger partial charge in [0, 0.05) is 18.6 Å². The van der Waals surface area contributed by atoms with Crippen molar-refractivity contribution in [3.63, 3.8) is 0 Å². The molecule has 24 heavy (non-hydrogen) atoms. The van der Waals surface area contributed by atoms with E-state index in [1.807, 2.05) is 35.1 Å². The molecule has 2 N–H and O–H groups in total. The molecule has 0 aliphatic heterocycles. The fourth-order valence-corrected chi connectivity index (χ4v) is 4.19. The standard InChI is InChI=1S/C18H19N5O/c1-22-6-5-12-13(3-2-4-14(12)17(22)24)16(19)15-10-23(21-20-15)18-7-11(8-18)9-18/h2-6,10-11,16H,7-9,19H2,1H3. The second-order valence-corrected chi connectivity index (χ2v) is 7.31. The minimum absolute atomic E-state index is 0.0147. The molecule has 0 amide bonds. The topological polar surface area (TPSA) is 78.7 Å². The number of nitrogens with zero attached hydrogens (tertiary/aromatic N) is 4. The second-order valence-electron chi connectivity index (χ2n) is 7.31. The number of pyridine rings is 1. The third-order valence-corrected chi connectivity index (χ3v) is 5.81. The molecular weight excluding hydrogens is 302 g/mol. The summed E-state index contributed by atoms with van der Waals surface area (Å²) in [4.78, 5) is 12.3. The Morgan fingerprint density at radius 3 is 2.75 bits per heavy atom. The fraction of sp³-hybridized carbons (Fsp3) is 0.389. The number of aryl methyl sites for hydroxylation is 1. The van der Waals surface area contributed by atoms with E-state index in [4.69, 9.17) is 5.73 Å².